The van der Waals surface area contributed by atoms with E-state index in [9.17, 15) is 17.6 Å². The number of rotatable bonds is 1. The predicted molar refractivity (Wildman–Crippen MR) is 30.1 cm³/mol. The molecule has 0 amide bonds. The highest BCUT2D eigenvalue weighted by molar-refractivity contribution is 5.00. The molecule has 0 N–H and O–H groups in total. The fourth-order valence-corrected chi connectivity index (χ4v) is 0.387. The van der Waals surface area contributed by atoms with E-state index in [2.05, 4.69) is 0 Å². The molecule has 0 aliphatic heterocycles. The lowest BCUT2D eigenvalue weighted by molar-refractivity contribution is -0.109. The number of hydrogen-bond donors (Lipinski definition) is 0. The zero-order valence-corrected chi connectivity index (χ0v) is 5.67. The van der Waals surface area contributed by atoms with Crippen LogP contribution in [0.15, 0.2) is 11.9 Å². The van der Waals surface area contributed by atoms with Crippen LogP contribution in [0, 0.1) is 5.92 Å². The Balaban J connectivity index is 4.20. The van der Waals surface area contributed by atoms with Crippen LogP contribution in [0.4, 0.5) is 17.6 Å². The summed E-state index contributed by atoms with van der Waals surface area (Å²) in [6.45, 7) is 2.96. The second-order valence-corrected chi connectivity index (χ2v) is 2.26. The van der Waals surface area contributed by atoms with E-state index < -0.39 is 17.9 Å². The Labute approximate surface area is 56.5 Å². The number of halogens is 4. The van der Waals surface area contributed by atoms with E-state index in [1.54, 1.807) is 0 Å². The molecule has 4 heteroatoms. The summed E-state index contributed by atoms with van der Waals surface area (Å²) < 4.78 is 46.0. The monoisotopic (exact) mass is 156 g/mol. The Morgan fingerprint density at radius 2 is 1.70 bits per heavy atom. The third kappa shape index (κ3) is 3.48. The molecule has 0 bridgehead atoms. The first-order chi connectivity index (χ1) is 4.34. The minimum atomic E-state index is -4.82. The molecule has 0 aliphatic carbocycles. The molecule has 0 rings (SSSR count). The van der Waals surface area contributed by atoms with Gasteiger partial charge in [0.25, 0.3) is 0 Å². The first kappa shape index (κ1) is 9.46. The zero-order chi connectivity index (χ0) is 8.36. The van der Waals surface area contributed by atoms with Crippen molar-refractivity contribution in [2.75, 3.05) is 0 Å². The van der Waals surface area contributed by atoms with Crippen LogP contribution in [-0.2, 0) is 0 Å². The van der Waals surface area contributed by atoms with E-state index in [-0.39, 0.29) is 0 Å². The smallest absolute Gasteiger partial charge is 0.202 e. The third-order valence-corrected chi connectivity index (χ3v) is 0.750. The first-order valence-electron chi connectivity index (χ1n) is 2.78. The number of alkyl halides is 3. The largest absolute Gasteiger partial charge is 0.442 e. The van der Waals surface area contributed by atoms with E-state index in [0.717, 1.165) is 0 Å². The molecule has 0 aromatic carbocycles. The van der Waals surface area contributed by atoms with Crippen molar-refractivity contribution < 1.29 is 17.6 Å². The van der Waals surface area contributed by atoms with Crippen LogP contribution in [0.25, 0.3) is 0 Å². The van der Waals surface area contributed by atoms with Crippen LogP contribution >= 0.6 is 0 Å². The Bertz CT molecular complexity index is 131. The Morgan fingerprint density at radius 3 is 1.80 bits per heavy atom. The lowest BCUT2D eigenvalue weighted by Crippen LogP contribution is -2.08. The Morgan fingerprint density at radius 1 is 1.30 bits per heavy atom. The molecule has 60 valence electrons. The van der Waals surface area contributed by atoms with Crippen molar-refractivity contribution in [1.29, 1.82) is 0 Å². The van der Waals surface area contributed by atoms with Gasteiger partial charge in [-0.1, -0.05) is 13.8 Å². The number of hydrogen-bond acceptors (Lipinski definition) is 0. The van der Waals surface area contributed by atoms with Crippen LogP contribution in [0.3, 0.4) is 0 Å². The highest BCUT2D eigenvalue weighted by Gasteiger charge is 2.34. The molecule has 0 aromatic rings. The highest BCUT2D eigenvalue weighted by Crippen LogP contribution is 2.27. The van der Waals surface area contributed by atoms with Crippen molar-refractivity contribution in [3.63, 3.8) is 0 Å². The fraction of sp³-hybridized carbons (Fsp3) is 0.667. The molecule has 0 fully saturated rings. The van der Waals surface area contributed by atoms with Crippen molar-refractivity contribution in [3.05, 3.63) is 11.9 Å². The lowest BCUT2D eigenvalue weighted by atomic mass is 10.2. The van der Waals surface area contributed by atoms with Gasteiger partial charge in [-0.15, -0.1) is 0 Å². The maximum atomic E-state index is 11.9. The number of allylic oxidation sites excluding steroid dienone is 2. The molecule has 0 atom stereocenters. The minimum absolute atomic E-state index is 0.415. The van der Waals surface area contributed by atoms with E-state index in [1.165, 1.54) is 13.8 Å². The summed E-state index contributed by atoms with van der Waals surface area (Å²) in [6.07, 6.45) is -4.27. The van der Waals surface area contributed by atoms with Gasteiger partial charge in [-0.05, 0) is 12.0 Å². The van der Waals surface area contributed by atoms with Gasteiger partial charge in [0.15, 0.2) is 5.83 Å². The van der Waals surface area contributed by atoms with Crippen LogP contribution in [0.5, 0.6) is 0 Å². The van der Waals surface area contributed by atoms with Crippen molar-refractivity contribution in [2.24, 2.45) is 5.92 Å². The first-order valence-corrected chi connectivity index (χ1v) is 2.78. The molecule has 0 aliphatic rings. The quantitative estimate of drug-likeness (QED) is 0.512. The summed E-state index contributed by atoms with van der Waals surface area (Å²) in [6, 6.07) is 0. The van der Waals surface area contributed by atoms with Crippen molar-refractivity contribution >= 4 is 0 Å². The Hall–Kier alpha value is -0.540. The van der Waals surface area contributed by atoms with E-state index in [1.807, 2.05) is 0 Å². The van der Waals surface area contributed by atoms with Crippen LogP contribution in [0.1, 0.15) is 13.8 Å². The summed E-state index contributed by atoms with van der Waals surface area (Å²) in [5.41, 5.74) is 0. The van der Waals surface area contributed by atoms with Crippen LogP contribution in [-0.4, -0.2) is 6.18 Å². The summed E-state index contributed by atoms with van der Waals surface area (Å²) >= 11 is 0. The summed E-state index contributed by atoms with van der Waals surface area (Å²) in [5, 5.41) is 0. The van der Waals surface area contributed by atoms with E-state index >= 15 is 0 Å². The molecule has 0 unspecified atom stereocenters. The minimum Gasteiger partial charge on any atom is -0.202 e. The third-order valence-electron chi connectivity index (χ3n) is 0.750. The van der Waals surface area contributed by atoms with Crippen molar-refractivity contribution in [2.45, 2.75) is 20.0 Å². The van der Waals surface area contributed by atoms with Crippen molar-refractivity contribution in [3.8, 4) is 0 Å². The SMILES string of the molecule is CC(C)/C=C(\F)C(F)(F)F. The van der Waals surface area contributed by atoms with Gasteiger partial charge in [0.05, 0.1) is 0 Å². The molecule has 0 aromatic heterocycles. The second-order valence-electron chi connectivity index (χ2n) is 2.26. The van der Waals surface area contributed by atoms with Gasteiger partial charge in [0.2, 0.25) is 0 Å². The van der Waals surface area contributed by atoms with Gasteiger partial charge < -0.3 is 0 Å². The predicted octanol–water partition coefficient (Wildman–Crippen LogP) is 3.06. The Kier molecular flexibility index (Phi) is 2.87. The normalized spacial score (nSPS) is 14.5. The second kappa shape index (κ2) is 3.03. The van der Waals surface area contributed by atoms with Crippen LogP contribution in [0.2, 0.25) is 0 Å². The summed E-state index contributed by atoms with van der Waals surface area (Å²) in [5.74, 6) is -2.43. The maximum absolute atomic E-state index is 11.9. The molecular formula is C6H8F4. The molecule has 0 radical (unpaired) electrons. The molecule has 0 spiro atoms. The topological polar surface area (TPSA) is 0 Å². The zero-order valence-electron chi connectivity index (χ0n) is 5.67. The average molecular weight is 156 g/mol. The van der Waals surface area contributed by atoms with Crippen molar-refractivity contribution in [1.82, 2.24) is 0 Å². The van der Waals surface area contributed by atoms with Gasteiger partial charge in [-0.25, -0.2) is 4.39 Å². The molecule has 0 saturated heterocycles. The fourth-order valence-electron chi connectivity index (χ4n) is 0.387. The molecule has 0 heterocycles. The summed E-state index contributed by atoms with van der Waals surface area (Å²) in [4.78, 5) is 0. The van der Waals surface area contributed by atoms with Gasteiger partial charge in [-0.2, -0.15) is 13.2 Å². The highest BCUT2D eigenvalue weighted by atomic mass is 19.4. The lowest BCUT2D eigenvalue weighted by Gasteiger charge is -2.03. The van der Waals surface area contributed by atoms with Gasteiger partial charge >= 0.3 is 6.18 Å². The van der Waals surface area contributed by atoms with Crippen LogP contribution < -0.4 is 0 Å². The van der Waals surface area contributed by atoms with Gasteiger partial charge in [0.1, 0.15) is 0 Å². The van der Waals surface area contributed by atoms with E-state index in [4.69, 9.17) is 0 Å². The maximum Gasteiger partial charge on any atom is 0.442 e. The molecule has 0 nitrogen and oxygen atoms in total. The average Bonchev–Trinajstić information content (AvgIpc) is 1.60. The molecule has 10 heavy (non-hydrogen) atoms. The van der Waals surface area contributed by atoms with E-state index in [0.29, 0.717) is 6.08 Å². The van der Waals surface area contributed by atoms with Gasteiger partial charge in [0, 0.05) is 0 Å². The molecule has 0 saturated carbocycles. The molecular weight excluding hydrogens is 148 g/mol. The summed E-state index contributed by atoms with van der Waals surface area (Å²) in [7, 11) is 0. The van der Waals surface area contributed by atoms with Gasteiger partial charge in [-0.3, -0.25) is 0 Å². The standard InChI is InChI=1S/C6H8F4/c1-4(2)3-5(7)6(8,9)10/h3-4H,1-2H3/b5-3-.